The van der Waals surface area contributed by atoms with Gasteiger partial charge < -0.3 is 13.9 Å². The molecule has 4 nitrogen and oxygen atoms in total. The van der Waals surface area contributed by atoms with Crippen molar-refractivity contribution in [3.8, 4) is 0 Å². The van der Waals surface area contributed by atoms with Crippen LogP contribution in [-0.4, -0.2) is 20.2 Å². The van der Waals surface area contributed by atoms with E-state index in [0.29, 0.717) is 5.76 Å². The SMILES string of the molecule is COC(=O)/C(=C\c1ccco1)OC. The van der Waals surface area contributed by atoms with Crippen LogP contribution in [0.2, 0.25) is 0 Å². The van der Waals surface area contributed by atoms with Crippen molar-refractivity contribution in [2.24, 2.45) is 0 Å². The van der Waals surface area contributed by atoms with Crippen LogP contribution in [0.1, 0.15) is 5.76 Å². The van der Waals surface area contributed by atoms with Gasteiger partial charge in [-0.3, -0.25) is 0 Å². The molecule has 0 atom stereocenters. The molecule has 0 bridgehead atoms. The van der Waals surface area contributed by atoms with Crippen molar-refractivity contribution in [1.82, 2.24) is 0 Å². The van der Waals surface area contributed by atoms with Gasteiger partial charge in [0.25, 0.3) is 0 Å². The maximum atomic E-state index is 11.0. The van der Waals surface area contributed by atoms with Gasteiger partial charge in [-0.1, -0.05) is 0 Å². The molecule has 13 heavy (non-hydrogen) atoms. The molecule has 0 aliphatic rings. The molecule has 0 amide bonds. The molecule has 1 aromatic heterocycles. The Hall–Kier alpha value is -1.71. The fourth-order valence-corrected chi connectivity index (χ4v) is 0.804. The van der Waals surface area contributed by atoms with Crippen molar-refractivity contribution < 1.29 is 18.7 Å². The first-order chi connectivity index (χ1) is 6.27. The van der Waals surface area contributed by atoms with Gasteiger partial charge in [0.2, 0.25) is 5.76 Å². The highest BCUT2D eigenvalue weighted by Crippen LogP contribution is 2.08. The zero-order chi connectivity index (χ0) is 9.68. The van der Waals surface area contributed by atoms with Gasteiger partial charge in [0, 0.05) is 6.08 Å². The van der Waals surface area contributed by atoms with E-state index < -0.39 is 5.97 Å². The van der Waals surface area contributed by atoms with Crippen molar-refractivity contribution in [3.63, 3.8) is 0 Å². The minimum atomic E-state index is -0.529. The molecule has 70 valence electrons. The van der Waals surface area contributed by atoms with Gasteiger partial charge in [-0.2, -0.15) is 0 Å². The average Bonchev–Trinajstić information content (AvgIpc) is 2.65. The lowest BCUT2D eigenvalue weighted by Gasteiger charge is -2.01. The minimum absolute atomic E-state index is 0.109. The van der Waals surface area contributed by atoms with Crippen LogP contribution in [0.5, 0.6) is 0 Å². The number of ether oxygens (including phenoxy) is 2. The summed E-state index contributed by atoms with van der Waals surface area (Å²) in [5.41, 5.74) is 0. The largest absolute Gasteiger partial charge is 0.490 e. The molecule has 0 fully saturated rings. The lowest BCUT2D eigenvalue weighted by atomic mass is 10.3. The van der Waals surface area contributed by atoms with Crippen LogP contribution in [0, 0.1) is 0 Å². The average molecular weight is 182 g/mol. The van der Waals surface area contributed by atoms with Crippen LogP contribution in [0.4, 0.5) is 0 Å². The molecule has 0 radical (unpaired) electrons. The number of carbonyl (C=O) groups is 1. The zero-order valence-electron chi connectivity index (χ0n) is 7.44. The number of hydrogen-bond acceptors (Lipinski definition) is 4. The first kappa shape index (κ1) is 9.38. The smallest absolute Gasteiger partial charge is 0.373 e. The summed E-state index contributed by atoms with van der Waals surface area (Å²) in [4.78, 5) is 11.0. The molecule has 0 aliphatic carbocycles. The van der Waals surface area contributed by atoms with Crippen LogP contribution in [0.25, 0.3) is 6.08 Å². The number of methoxy groups -OCH3 is 2. The van der Waals surface area contributed by atoms with E-state index in [4.69, 9.17) is 9.15 Å². The summed E-state index contributed by atoms with van der Waals surface area (Å²) in [6.45, 7) is 0. The normalized spacial score (nSPS) is 11.1. The Kier molecular flexibility index (Phi) is 3.14. The van der Waals surface area contributed by atoms with Crippen molar-refractivity contribution in [3.05, 3.63) is 29.9 Å². The molecular weight excluding hydrogens is 172 g/mol. The maximum Gasteiger partial charge on any atom is 0.373 e. The Bertz CT molecular complexity index is 297. The Morgan fingerprint density at radius 3 is 2.69 bits per heavy atom. The van der Waals surface area contributed by atoms with Crippen LogP contribution >= 0.6 is 0 Å². The predicted octanol–water partition coefficient (Wildman–Crippen LogP) is 1.44. The van der Waals surface area contributed by atoms with Gasteiger partial charge in [0.05, 0.1) is 20.5 Å². The van der Waals surface area contributed by atoms with Gasteiger partial charge in [-0.15, -0.1) is 0 Å². The van der Waals surface area contributed by atoms with Crippen molar-refractivity contribution >= 4 is 12.0 Å². The van der Waals surface area contributed by atoms with E-state index in [-0.39, 0.29) is 5.76 Å². The standard InChI is InChI=1S/C9H10O4/c1-11-8(9(10)12-2)6-7-4-3-5-13-7/h3-6H,1-2H3/b8-6+. The van der Waals surface area contributed by atoms with E-state index in [1.54, 1.807) is 12.1 Å². The number of esters is 1. The number of carbonyl (C=O) groups excluding carboxylic acids is 1. The third kappa shape index (κ3) is 2.37. The monoisotopic (exact) mass is 182 g/mol. The second-order valence-electron chi connectivity index (χ2n) is 2.22. The summed E-state index contributed by atoms with van der Waals surface area (Å²) in [6, 6.07) is 3.43. The second-order valence-corrected chi connectivity index (χ2v) is 2.22. The predicted molar refractivity (Wildman–Crippen MR) is 45.7 cm³/mol. The molecule has 0 N–H and O–H groups in total. The van der Waals surface area contributed by atoms with Crippen molar-refractivity contribution in [1.29, 1.82) is 0 Å². The third-order valence-corrected chi connectivity index (χ3v) is 1.42. The molecule has 4 heteroatoms. The van der Waals surface area contributed by atoms with Crippen LogP contribution < -0.4 is 0 Å². The van der Waals surface area contributed by atoms with E-state index in [2.05, 4.69) is 4.74 Å². The van der Waals surface area contributed by atoms with E-state index in [9.17, 15) is 4.79 Å². The fourth-order valence-electron chi connectivity index (χ4n) is 0.804. The highest BCUT2D eigenvalue weighted by Gasteiger charge is 2.09. The summed E-state index contributed by atoms with van der Waals surface area (Å²) in [6.07, 6.45) is 2.97. The molecule has 0 aliphatic heterocycles. The first-order valence-electron chi connectivity index (χ1n) is 3.65. The number of furan rings is 1. The van der Waals surface area contributed by atoms with Gasteiger partial charge in [-0.05, 0) is 12.1 Å². The highest BCUT2D eigenvalue weighted by atomic mass is 16.6. The molecule has 0 spiro atoms. The second kappa shape index (κ2) is 4.35. The Morgan fingerprint density at radius 2 is 2.23 bits per heavy atom. The van der Waals surface area contributed by atoms with Gasteiger partial charge in [0.1, 0.15) is 5.76 Å². The van der Waals surface area contributed by atoms with E-state index in [1.165, 1.54) is 26.6 Å². The quantitative estimate of drug-likeness (QED) is 0.403. The van der Waals surface area contributed by atoms with Crippen LogP contribution in [-0.2, 0) is 14.3 Å². The fraction of sp³-hybridized carbons (Fsp3) is 0.222. The topological polar surface area (TPSA) is 48.7 Å². The van der Waals surface area contributed by atoms with Gasteiger partial charge >= 0.3 is 5.97 Å². The minimum Gasteiger partial charge on any atom is -0.490 e. The lowest BCUT2D eigenvalue weighted by molar-refractivity contribution is -0.139. The number of hydrogen-bond donors (Lipinski definition) is 0. The van der Waals surface area contributed by atoms with Crippen LogP contribution in [0.15, 0.2) is 28.6 Å². The Balaban J connectivity index is 2.83. The molecule has 0 aromatic carbocycles. The summed E-state index contributed by atoms with van der Waals surface area (Å²) in [5.74, 6) is 0.124. The molecule has 1 heterocycles. The Labute approximate surface area is 75.7 Å². The summed E-state index contributed by atoms with van der Waals surface area (Å²) < 4.78 is 14.3. The first-order valence-corrected chi connectivity index (χ1v) is 3.65. The van der Waals surface area contributed by atoms with Gasteiger partial charge in [-0.25, -0.2) is 4.79 Å². The molecule has 1 aromatic rings. The molecular formula is C9H10O4. The molecule has 0 saturated heterocycles. The highest BCUT2D eigenvalue weighted by molar-refractivity contribution is 5.90. The Morgan fingerprint density at radius 1 is 1.46 bits per heavy atom. The van der Waals surface area contributed by atoms with E-state index >= 15 is 0 Å². The van der Waals surface area contributed by atoms with Crippen LogP contribution in [0.3, 0.4) is 0 Å². The third-order valence-electron chi connectivity index (χ3n) is 1.42. The summed E-state index contributed by atoms with van der Waals surface area (Å²) in [7, 11) is 2.68. The maximum absolute atomic E-state index is 11.0. The molecule has 1 rings (SSSR count). The van der Waals surface area contributed by atoms with E-state index in [1.807, 2.05) is 0 Å². The number of rotatable bonds is 3. The lowest BCUT2D eigenvalue weighted by Crippen LogP contribution is -2.05. The molecule has 0 saturated carbocycles. The summed E-state index contributed by atoms with van der Waals surface area (Å²) >= 11 is 0. The van der Waals surface area contributed by atoms with E-state index in [0.717, 1.165) is 0 Å². The summed E-state index contributed by atoms with van der Waals surface area (Å²) in [5, 5.41) is 0. The van der Waals surface area contributed by atoms with Gasteiger partial charge in [0.15, 0.2) is 0 Å². The van der Waals surface area contributed by atoms with Crippen molar-refractivity contribution in [2.45, 2.75) is 0 Å². The zero-order valence-corrected chi connectivity index (χ0v) is 7.44. The van der Waals surface area contributed by atoms with Crippen molar-refractivity contribution in [2.75, 3.05) is 14.2 Å². The molecule has 0 unspecified atom stereocenters.